The first-order chi connectivity index (χ1) is 12.5. The summed E-state index contributed by atoms with van der Waals surface area (Å²) in [5, 5.41) is 11.0. The normalized spacial score (nSPS) is 10.6. The number of primary amides is 1. The van der Waals surface area contributed by atoms with E-state index in [0.29, 0.717) is 38.4 Å². The Morgan fingerprint density at radius 2 is 1.92 bits per heavy atom. The number of halogens is 2. The SMILES string of the molecule is COc1ccc(-c2n[nH]nc2C(N)=O)cc1COc1c(Cl)cccc1Cl. The minimum atomic E-state index is -0.676. The molecule has 3 rings (SSSR count). The third-order valence-electron chi connectivity index (χ3n) is 3.63. The van der Waals surface area contributed by atoms with E-state index in [2.05, 4.69) is 15.4 Å². The van der Waals surface area contributed by atoms with Gasteiger partial charge >= 0.3 is 0 Å². The predicted octanol–water partition coefficient (Wildman–Crippen LogP) is 3.47. The number of aromatic nitrogens is 3. The number of rotatable bonds is 6. The van der Waals surface area contributed by atoms with Crippen molar-refractivity contribution >= 4 is 29.1 Å². The van der Waals surface area contributed by atoms with Crippen LogP contribution >= 0.6 is 23.2 Å². The van der Waals surface area contributed by atoms with Crippen LogP contribution in [0.3, 0.4) is 0 Å². The van der Waals surface area contributed by atoms with Crippen molar-refractivity contribution in [3.8, 4) is 22.8 Å². The largest absolute Gasteiger partial charge is 0.496 e. The van der Waals surface area contributed by atoms with Gasteiger partial charge < -0.3 is 15.2 Å². The molecular weight excluding hydrogens is 379 g/mol. The van der Waals surface area contributed by atoms with Gasteiger partial charge in [0.15, 0.2) is 11.4 Å². The van der Waals surface area contributed by atoms with E-state index in [0.717, 1.165) is 0 Å². The van der Waals surface area contributed by atoms with Crippen molar-refractivity contribution in [3.63, 3.8) is 0 Å². The second kappa shape index (κ2) is 7.63. The highest BCUT2D eigenvalue weighted by atomic mass is 35.5. The minimum Gasteiger partial charge on any atom is -0.496 e. The number of carbonyl (C=O) groups is 1. The Balaban J connectivity index is 1.93. The van der Waals surface area contributed by atoms with Gasteiger partial charge in [-0.25, -0.2) is 0 Å². The number of H-pyrrole nitrogens is 1. The summed E-state index contributed by atoms with van der Waals surface area (Å²) in [6, 6.07) is 10.4. The molecular formula is C17H14Cl2N4O3. The van der Waals surface area contributed by atoms with Gasteiger partial charge in [0.1, 0.15) is 18.1 Å². The van der Waals surface area contributed by atoms with Crippen LogP contribution in [0.2, 0.25) is 10.0 Å². The fourth-order valence-electron chi connectivity index (χ4n) is 2.41. The summed E-state index contributed by atoms with van der Waals surface area (Å²) in [4.78, 5) is 11.5. The Hall–Kier alpha value is -2.77. The number of benzene rings is 2. The monoisotopic (exact) mass is 392 g/mol. The van der Waals surface area contributed by atoms with Gasteiger partial charge in [0.05, 0.1) is 17.2 Å². The number of carbonyl (C=O) groups excluding carboxylic acids is 1. The quantitative estimate of drug-likeness (QED) is 0.668. The Morgan fingerprint density at radius 3 is 2.58 bits per heavy atom. The fourth-order valence-corrected chi connectivity index (χ4v) is 2.92. The van der Waals surface area contributed by atoms with Crippen molar-refractivity contribution in [2.45, 2.75) is 6.61 Å². The Kier molecular flexibility index (Phi) is 5.29. The highest BCUT2D eigenvalue weighted by Gasteiger charge is 2.17. The smallest absolute Gasteiger partial charge is 0.271 e. The molecule has 1 amide bonds. The van der Waals surface area contributed by atoms with Gasteiger partial charge in [-0.3, -0.25) is 4.79 Å². The Morgan fingerprint density at radius 1 is 1.19 bits per heavy atom. The van der Waals surface area contributed by atoms with Gasteiger partial charge in [-0.2, -0.15) is 15.4 Å². The number of nitrogens with one attached hydrogen (secondary N) is 1. The molecule has 0 aliphatic heterocycles. The van der Waals surface area contributed by atoms with Crippen molar-refractivity contribution in [3.05, 3.63) is 57.7 Å². The molecule has 0 fully saturated rings. The lowest BCUT2D eigenvalue weighted by molar-refractivity contribution is 0.0996. The van der Waals surface area contributed by atoms with E-state index in [1.165, 1.54) is 0 Å². The van der Waals surface area contributed by atoms with Gasteiger partial charge in [-0.05, 0) is 30.3 Å². The first kappa shape index (κ1) is 18.0. The lowest BCUT2D eigenvalue weighted by Crippen LogP contribution is -2.12. The second-order valence-corrected chi connectivity index (χ2v) is 6.07. The molecule has 1 heterocycles. The molecule has 0 atom stereocenters. The molecule has 26 heavy (non-hydrogen) atoms. The summed E-state index contributed by atoms with van der Waals surface area (Å²) in [7, 11) is 1.55. The third kappa shape index (κ3) is 3.58. The Labute approximate surface area is 159 Å². The number of nitrogens with zero attached hydrogens (tertiary/aromatic N) is 2. The van der Waals surface area contributed by atoms with Crippen molar-refractivity contribution < 1.29 is 14.3 Å². The van der Waals surface area contributed by atoms with Crippen LogP contribution in [-0.2, 0) is 6.61 Å². The van der Waals surface area contributed by atoms with Crippen LogP contribution in [-0.4, -0.2) is 28.4 Å². The first-order valence-corrected chi connectivity index (χ1v) is 8.21. The molecule has 0 bridgehead atoms. The highest BCUT2D eigenvalue weighted by molar-refractivity contribution is 6.37. The van der Waals surface area contributed by atoms with E-state index in [-0.39, 0.29) is 12.3 Å². The zero-order chi connectivity index (χ0) is 18.7. The van der Waals surface area contributed by atoms with Crippen LogP contribution in [0.15, 0.2) is 36.4 Å². The van der Waals surface area contributed by atoms with E-state index in [1.54, 1.807) is 43.5 Å². The standard InChI is InChI=1S/C17H14Cl2N4O3/c1-25-13-6-5-9(14-15(17(20)24)22-23-21-14)7-10(13)8-26-16-11(18)3-2-4-12(16)19/h2-7H,8H2,1H3,(H2,20,24)(H,21,22,23). The van der Waals surface area contributed by atoms with Crippen molar-refractivity contribution in [2.75, 3.05) is 7.11 Å². The lowest BCUT2D eigenvalue weighted by Gasteiger charge is -2.13. The van der Waals surface area contributed by atoms with E-state index in [1.807, 2.05) is 0 Å². The number of hydrogen-bond acceptors (Lipinski definition) is 5. The number of para-hydroxylation sites is 1. The van der Waals surface area contributed by atoms with Crippen molar-refractivity contribution in [1.82, 2.24) is 15.4 Å². The van der Waals surface area contributed by atoms with E-state index >= 15 is 0 Å². The highest BCUT2D eigenvalue weighted by Crippen LogP contribution is 2.34. The van der Waals surface area contributed by atoms with E-state index < -0.39 is 5.91 Å². The fraction of sp³-hybridized carbons (Fsp3) is 0.118. The Bertz CT molecular complexity index is 939. The lowest BCUT2D eigenvalue weighted by atomic mass is 10.1. The number of hydrogen-bond donors (Lipinski definition) is 2. The van der Waals surface area contributed by atoms with Gasteiger partial charge in [-0.15, -0.1) is 0 Å². The summed E-state index contributed by atoms with van der Waals surface area (Å²) in [5.41, 5.74) is 7.06. The molecule has 1 aromatic heterocycles. The van der Waals surface area contributed by atoms with Gasteiger partial charge in [0.2, 0.25) is 0 Å². The summed E-state index contributed by atoms with van der Waals surface area (Å²) in [5.74, 6) is 0.300. The molecule has 2 aromatic carbocycles. The number of nitrogens with two attached hydrogens (primary N) is 1. The van der Waals surface area contributed by atoms with Crippen LogP contribution in [0.5, 0.6) is 11.5 Å². The maximum atomic E-state index is 11.5. The topological polar surface area (TPSA) is 103 Å². The van der Waals surface area contributed by atoms with Gasteiger partial charge in [0.25, 0.3) is 5.91 Å². The number of amides is 1. The maximum Gasteiger partial charge on any atom is 0.271 e. The molecule has 3 aromatic rings. The number of methoxy groups -OCH3 is 1. The molecule has 0 spiro atoms. The van der Waals surface area contributed by atoms with Crippen LogP contribution < -0.4 is 15.2 Å². The molecule has 134 valence electrons. The number of aromatic amines is 1. The molecule has 0 unspecified atom stereocenters. The molecule has 0 radical (unpaired) electrons. The average Bonchev–Trinajstić information content (AvgIpc) is 3.11. The molecule has 9 heteroatoms. The summed E-state index contributed by atoms with van der Waals surface area (Å²) in [6.07, 6.45) is 0. The van der Waals surface area contributed by atoms with Crippen LogP contribution in [0, 0.1) is 0 Å². The predicted molar refractivity (Wildman–Crippen MR) is 97.7 cm³/mol. The molecule has 0 saturated heterocycles. The van der Waals surface area contributed by atoms with Crippen molar-refractivity contribution in [1.29, 1.82) is 0 Å². The number of ether oxygens (including phenoxy) is 2. The zero-order valence-electron chi connectivity index (χ0n) is 13.6. The zero-order valence-corrected chi connectivity index (χ0v) is 15.1. The van der Waals surface area contributed by atoms with Crippen LogP contribution in [0.1, 0.15) is 16.1 Å². The third-order valence-corrected chi connectivity index (χ3v) is 4.22. The van der Waals surface area contributed by atoms with Gasteiger partial charge in [-0.1, -0.05) is 29.3 Å². The van der Waals surface area contributed by atoms with Crippen molar-refractivity contribution in [2.24, 2.45) is 5.73 Å². The summed E-state index contributed by atoms with van der Waals surface area (Å²) in [6.45, 7) is 0.143. The maximum absolute atomic E-state index is 11.5. The first-order valence-electron chi connectivity index (χ1n) is 7.46. The molecule has 0 saturated carbocycles. The summed E-state index contributed by atoms with van der Waals surface area (Å²) >= 11 is 12.2. The van der Waals surface area contributed by atoms with Crippen LogP contribution in [0.25, 0.3) is 11.3 Å². The molecule has 0 aliphatic carbocycles. The second-order valence-electron chi connectivity index (χ2n) is 5.25. The van der Waals surface area contributed by atoms with E-state index in [9.17, 15) is 4.79 Å². The van der Waals surface area contributed by atoms with Crippen LogP contribution in [0.4, 0.5) is 0 Å². The van der Waals surface area contributed by atoms with E-state index in [4.69, 9.17) is 38.4 Å². The molecule has 0 aliphatic rings. The minimum absolute atomic E-state index is 0.0520. The summed E-state index contributed by atoms with van der Waals surface area (Å²) < 4.78 is 11.1. The average molecular weight is 393 g/mol. The van der Waals surface area contributed by atoms with Gasteiger partial charge in [0, 0.05) is 11.1 Å². The molecule has 3 N–H and O–H groups in total. The molecule has 7 nitrogen and oxygen atoms in total.